The van der Waals surface area contributed by atoms with Crippen LogP contribution in [0.25, 0.3) is 0 Å². The van der Waals surface area contributed by atoms with Crippen LogP contribution in [-0.4, -0.2) is 15.7 Å². The van der Waals surface area contributed by atoms with E-state index in [9.17, 15) is 0 Å². The highest BCUT2D eigenvalue weighted by Crippen LogP contribution is 2.12. The predicted molar refractivity (Wildman–Crippen MR) is 86.8 cm³/mol. The molecular weight excluding hydrogens is 375 g/mol. The number of aromatic nitrogens is 2. The van der Waals surface area contributed by atoms with Crippen LogP contribution in [0.4, 0.5) is 5.82 Å². The summed E-state index contributed by atoms with van der Waals surface area (Å²) in [7, 11) is 0. The Labute approximate surface area is 130 Å². The second-order valence-electron chi connectivity index (χ2n) is 3.94. The summed E-state index contributed by atoms with van der Waals surface area (Å²) in [6, 6.07) is 9.78. The molecule has 0 unspecified atom stereocenters. The van der Waals surface area contributed by atoms with E-state index in [1.54, 1.807) is 13.0 Å². The molecule has 98 valence electrons. The Balaban J connectivity index is 2.15. The van der Waals surface area contributed by atoms with Gasteiger partial charge in [-0.3, -0.25) is 5.43 Å². The summed E-state index contributed by atoms with van der Waals surface area (Å²) < 4.78 is 1.19. The minimum atomic E-state index is 0.400. The molecular formula is C13H12ClIN4. The monoisotopic (exact) mass is 386 g/mol. The van der Waals surface area contributed by atoms with Crippen molar-refractivity contribution in [1.82, 2.24) is 9.97 Å². The SMILES string of the molecule is C/C(=N\Nc1cc(Cl)nc(C)n1)c1ccc(I)cc1. The number of rotatable bonds is 3. The van der Waals surface area contributed by atoms with E-state index in [1.165, 1.54) is 3.57 Å². The summed E-state index contributed by atoms with van der Waals surface area (Å²) in [4.78, 5) is 8.19. The van der Waals surface area contributed by atoms with Crippen molar-refractivity contribution in [3.63, 3.8) is 0 Å². The molecule has 0 spiro atoms. The first kappa shape index (κ1) is 14.2. The van der Waals surface area contributed by atoms with Gasteiger partial charge in [-0.25, -0.2) is 9.97 Å². The summed E-state index contributed by atoms with van der Waals surface area (Å²) in [6.45, 7) is 3.72. The molecule has 19 heavy (non-hydrogen) atoms. The molecule has 1 N–H and O–H groups in total. The highest BCUT2D eigenvalue weighted by atomic mass is 127. The van der Waals surface area contributed by atoms with E-state index in [2.05, 4.69) is 43.1 Å². The molecule has 0 aliphatic heterocycles. The molecule has 0 fully saturated rings. The van der Waals surface area contributed by atoms with Gasteiger partial charge in [0.25, 0.3) is 0 Å². The highest BCUT2D eigenvalue weighted by Gasteiger charge is 2.00. The van der Waals surface area contributed by atoms with Gasteiger partial charge in [-0.2, -0.15) is 5.10 Å². The third-order valence-electron chi connectivity index (χ3n) is 2.41. The van der Waals surface area contributed by atoms with Crippen LogP contribution in [0.3, 0.4) is 0 Å². The van der Waals surface area contributed by atoms with E-state index in [1.807, 2.05) is 31.2 Å². The van der Waals surface area contributed by atoms with Crippen molar-refractivity contribution in [3.8, 4) is 0 Å². The molecule has 0 saturated heterocycles. The number of halogens is 2. The number of hydrogen-bond donors (Lipinski definition) is 1. The van der Waals surface area contributed by atoms with Crippen LogP contribution >= 0.6 is 34.2 Å². The van der Waals surface area contributed by atoms with Crippen LogP contribution in [0.1, 0.15) is 18.3 Å². The van der Waals surface area contributed by atoms with Crippen LogP contribution in [0.15, 0.2) is 35.4 Å². The van der Waals surface area contributed by atoms with E-state index >= 15 is 0 Å². The summed E-state index contributed by atoms with van der Waals surface area (Å²) in [6.07, 6.45) is 0. The quantitative estimate of drug-likeness (QED) is 0.377. The van der Waals surface area contributed by atoms with Gasteiger partial charge in [0.05, 0.1) is 5.71 Å². The first-order valence-electron chi connectivity index (χ1n) is 5.62. The third-order valence-corrected chi connectivity index (χ3v) is 3.32. The van der Waals surface area contributed by atoms with Crippen LogP contribution in [0.5, 0.6) is 0 Å². The lowest BCUT2D eigenvalue weighted by atomic mass is 10.1. The molecule has 2 rings (SSSR count). The molecule has 0 radical (unpaired) electrons. The smallest absolute Gasteiger partial charge is 0.151 e. The van der Waals surface area contributed by atoms with Crippen molar-refractivity contribution in [3.05, 3.63) is 50.4 Å². The lowest BCUT2D eigenvalue weighted by molar-refractivity contribution is 1.04. The van der Waals surface area contributed by atoms with E-state index in [0.717, 1.165) is 11.3 Å². The molecule has 1 aromatic carbocycles. The van der Waals surface area contributed by atoms with Crippen molar-refractivity contribution in [2.45, 2.75) is 13.8 Å². The van der Waals surface area contributed by atoms with Gasteiger partial charge < -0.3 is 0 Å². The first-order chi connectivity index (χ1) is 9.04. The lowest BCUT2D eigenvalue weighted by Gasteiger charge is -2.04. The zero-order chi connectivity index (χ0) is 13.8. The zero-order valence-corrected chi connectivity index (χ0v) is 13.4. The Bertz CT molecular complexity index is 590. The Morgan fingerprint density at radius 2 is 1.95 bits per heavy atom. The van der Waals surface area contributed by atoms with Crippen LogP contribution in [0.2, 0.25) is 5.15 Å². The second kappa shape index (κ2) is 6.29. The summed E-state index contributed by atoms with van der Waals surface area (Å²) in [5, 5.41) is 4.69. The number of nitrogens with one attached hydrogen (secondary N) is 1. The van der Waals surface area contributed by atoms with Crippen molar-refractivity contribution >= 4 is 45.7 Å². The Morgan fingerprint density at radius 3 is 2.58 bits per heavy atom. The van der Waals surface area contributed by atoms with Gasteiger partial charge in [0.2, 0.25) is 0 Å². The number of hydrogen-bond acceptors (Lipinski definition) is 4. The maximum absolute atomic E-state index is 5.86. The molecule has 1 aromatic heterocycles. The fourth-order valence-corrected chi connectivity index (χ4v) is 2.07. The van der Waals surface area contributed by atoms with E-state index in [-0.39, 0.29) is 0 Å². The molecule has 0 aliphatic carbocycles. The zero-order valence-electron chi connectivity index (χ0n) is 10.5. The minimum absolute atomic E-state index is 0.400. The summed E-state index contributed by atoms with van der Waals surface area (Å²) >= 11 is 8.13. The van der Waals surface area contributed by atoms with Crippen molar-refractivity contribution in [1.29, 1.82) is 0 Å². The highest BCUT2D eigenvalue weighted by molar-refractivity contribution is 14.1. The predicted octanol–water partition coefficient (Wildman–Crippen LogP) is 3.88. The standard InChI is InChI=1S/C13H12ClIN4/c1-8(10-3-5-11(15)6-4-10)18-19-13-7-12(14)16-9(2)17-13/h3-7H,1-2H3,(H,16,17,19)/b18-8+. The summed E-state index contributed by atoms with van der Waals surface area (Å²) in [5.41, 5.74) is 4.83. The van der Waals surface area contributed by atoms with E-state index in [4.69, 9.17) is 11.6 Å². The van der Waals surface area contributed by atoms with E-state index in [0.29, 0.717) is 16.8 Å². The largest absolute Gasteiger partial charge is 0.261 e. The van der Waals surface area contributed by atoms with Crippen LogP contribution < -0.4 is 5.43 Å². The molecule has 2 aromatic rings. The van der Waals surface area contributed by atoms with Gasteiger partial charge in [-0.1, -0.05) is 23.7 Å². The molecule has 4 nitrogen and oxygen atoms in total. The number of anilines is 1. The number of benzene rings is 1. The minimum Gasteiger partial charge on any atom is -0.261 e. The number of aryl methyl sites for hydroxylation is 1. The average Bonchev–Trinajstić information content (AvgIpc) is 2.36. The molecule has 1 heterocycles. The van der Waals surface area contributed by atoms with Gasteiger partial charge in [-0.15, -0.1) is 0 Å². The lowest BCUT2D eigenvalue weighted by Crippen LogP contribution is -2.02. The first-order valence-corrected chi connectivity index (χ1v) is 7.08. The third kappa shape index (κ3) is 4.14. The molecule has 0 amide bonds. The van der Waals surface area contributed by atoms with E-state index < -0.39 is 0 Å². The molecule has 0 atom stereocenters. The van der Waals surface area contributed by atoms with Gasteiger partial charge in [0.15, 0.2) is 5.82 Å². The van der Waals surface area contributed by atoms with Gasteiger partial charge in [-0.05, 0) is 54.1 Å². The van der Waals surface area contributed by atoms with Gasteiger partial charge in [0.1, 0.15) is 11.0 Å². The summed E-state index contributed by atoms with van der Waals surface area (Å²) in [5.74, 6) is 1.19. The Kier molecular flexibility index (Phi) is 4.71. The second-order valence-corrected chi connectivity index (χ2v) is 5.57. The fraction of sp³-hybridized carbons (Fsp3) is 0.154. The van der Waals surface area contributed by atoms with Crippen molar-refractivity contribution < 1.29 is 0 Å². The maximum Gasteiger partial charge on any atom is 0.151 e. The molecule has 6 heteroatoms. The molecule has 0 aliphatic rings. The van der Waals surface area contributed by atoms with Crippen molar-refractivity contribution in [2.75, 3.05) is 5.43 Å². The van der Waals surface area contributed by atoms with Gasteiger partial charge >= 0.3 is 0 Å². The van der Waals surface area contributed by atoms with Crippen LogP contribution in [-0.2, 0) is 0 Å². The number of nitrogens with zero attached hydrogens (tertiary/aromatic N) is 3. The topological polar surface area (TPSA) is 50.2 Å². The van der Waals surface area contributed by atoms with Gasteiger partial charge in [0, 0.05) is 9.64 Å². The normalized spacial score (nSPS) is 11.5. The molecule has 0 saturated carbocycles. The fourth-order valence-electron chi connectivity index (χ4n) is 1.49. The maximum atomic E-state index is 5.86. The number of hydrazone groups is 1. The average molecular weight is 387 g/mol. The molecule has 0 bridgehead atoms. The Morgan fingerprint density at radius 1 is 1.26 bits per heavy atom. The van der Waals surface area contributed by atoms with Crippen molar-refractivity contribution in [2.24, 2.45) is 5.10 Å². The Hall–Kier alpha value is -1.21. The van der Waals surface area contributed by atoms with Crippen LogP contribution in [0, 0.1) is 10.5 Å².